The van der Waals surface area contributed by atoms with Gasteiger partial charge in [0.05, 0.1) is 6.54 Å². The van der Waals surface area contributed by atoms with Gasteiger partial charge in [-0.3, -0.25) is 4.79 Å². The average molecular weight is 295 g/mol. The molecule has 0 unspecified atom stereocenters. The molecular weight excluding hydrogens is 270 g/mol. The number of hydrogen-bond acceptors (Lipinski definition) is 4. The van der Waals surface area contributed by atoms with E-state index in [0.717, 1.165) is 30.0 Å². The number of carbonyl (C=O) groups is 1. The Bertz CT molecular complexity index is 437. The van der Waals surface area contributed by atoms with Crippen LogP contribution in [0.25, 0.3) is 0 Å². The van der Waals surface area contributed by atoms with Gasteiger partial charge < -0.3 is 16.0 Å². The lowest BCUT2D eigenvalue weighted by atomic mass is 10.1. The quantitative estimate of drug-likeness (QED) is 0.722. The van der Waals surface area contributed by atoms with Gasteiger partial charge >= 0.3 is 0 Å². The van der Waals surface area contributed by atoms with E-state index in [1.54, 1.807) is 11.8 Å². The zero-order chi connectivity index (χ0) is 15.0. The molecule has 1 rings (SSSR count). The van der Waals surface area contributed by atoms with Crippen LogP contribution in [0.15, 0.2) is 23.1 Å². The van der Waals surface area contributed by atoms with Crippen molar-refractivity contribution in [3.8, 4) is 0 Å². The lowest BCUT2D eigenvalue weighted by molar-refractivity contribution is -0.119. The van der Waals surface area contributed by atoms with Crippen LogP contribution in [0, 0.1) is 0 Å². The molecule has 0 heterocycles. The zero-order valence-corrected chi connectivity index (χ0v) is 13.4. The van der Waals surface area contributed by atoms with Crippen LogP contribution in [-0.4, -0.2) is 31.8 Å². The molecule has 1 amide bonds. The fourth-order valence-corrected chi connectivity index (χ4v) is 2.88. The first-order valence-corrected chi connectivity index (χ1v) is 8.05. The summed E-state index contributed by atoms with van der Waals surface area (Å²) in [5, 5.41) is 2.89. The molecule has 0 bridgehead atoms. The molecule has 0 aliphatic carbocycles. The highest BCUT2D eigenvalue weighted by Gasteiger charge is 2.13. The van der Waals surface area contributed by atoms with Crippen LogP contribution in [0.1, 0.15) is 25.8 Å². The van der Waals surface area contributed by atoms with Crippen molar-refractivity contribution in [3.63, 3.8) is 0 Å². The van der Waals surface area contributed by atoms with Crippen molar-refractivity contribution in [3.05, 3.63) is 23.8 Å². The van der Waals surface area contributed by atoms with Crippen LogP contribution in [-0.2, 0) is 11.3 Å². The van der Waals surface area contributed by atoms with Gasteiger partial charge in [0.2, 0.25) is 5.91 Å². The number of nitrogens with two attached hydrogens (primary N) is 1. The Hall–Kier alpha value is -1.20. The van der Waals surface area contributed by atoms with Gasteiger partial charge in [0.15, 0.2) is 0 Å². The van der Waals surface area contributed by atoms with Gasteiger partial charge in [-0.15, -0.1) is 11.8 Å². The molecule has 0 saturated heterocycles. The number of carbonyl (C=O) groups excluding carboxylic acids is 1. The summed E-state index contributed by atoms with van der Waals surface area (Å²) < 4.78 is 0. The number of benzene rings is 1. The van der Waals surface area contributed by atoms with Crippen molar-refractivity contribution in [2.24, 2.45) is 5.73 Å². The van der Waals surface area contributed by atoms with Crippen molar-refractivity contribution >= 4 is 23.4 Å². The number of rotatable bonds is 8. The molecule has 0 fully saturated rings. The Balaban J connectivity index is 2.83. The SMILES string of the molecule is CCCNC(=O)CN(C)c1cccc(SCC)c1CN. The van der Waals surface area contributed by atoms with Crippen LogP contribution in [0.4, 0.5) is 5.69 Å². The van der Waals surface area contributed by atoms with Crippen LogP contribution in [0.2, 0.25) is 0 Å². The van der Waals surface area contributed by atoms with E-state index in [1.165, 1.54) is 4.90 Å². The third kappa shape index (κ3) is 4.72. The highest BCUT2D eigenvalue weighted by Crippen LogP contribution is 2.29. The number of nitrogens with zero attached hydrogens (tertiary/aromatic N) is 1. The maximum atomic E-state index is 11.8. The van der Waals surface area contributed by atoms with Crippen LogP contribution < -0.4 is 16.0 Å². The summed E-state index contributed by atoms with van der Waals surface area (Å²) in [4.78, 5) is 15.0. The number of hydrogen-bond donors (Lipinski definition) is 2. The molecule has 0 aliphatic rings. The normalized spacial score (nSPS) is 10.4. The second-order valence-corrected chi connectivity index (χ2v) is 5.90. The average Bonchev–Trinajstić information content (AvgIpc) is 2.45. The minimum Gasteiger partial charge on any atom is -0.365 e. The van der Waals surface area contributed by atoms with Crippen LogP contribution in [0.3, 0.4) is 0 Å². The van der Waals surface area contributed by atoms with Crippen molar-refractivity contribution < 1.29 is 4.79 Å². The first-order valence-electron chi connectivity index (χ1n) is 7.06. The van der Waals surface area contributed by atoms with Crippen LogP contribution in [0.5, 0.6) is 0 Å². The van der Waals surface area contributed by atoms with Gasteiger partial charge in [0.25, 0.3) is 0 Å². The second kappa shape index (κ2) is 8.87. The van der Waals surface area contributed by atoms with E-state index in [1.807, 2.05) is 31.0 Å². The Morgan fingerprint density at radius 2 is 2.15 bits per heavy atom. The van der Waals surface area contributed by atoms with E-state index < -0.39 is 0 Å². The monoisotopic (exact) mass is 295 g/mol. The minimum atomic E-state index is 0.0471. The van der Waals surface area contributed by atoms with Gasteiger partial charge in [-0.1, -0.05) is 19.9 Å². The summed E-state index contributed by atoms with van der Waals surface area (Å²) in [7, 11) is 1.93. The van der Waals surface area contributed by atoms with Crippen molar-refractivity contribution in [1.82, 2.24) is 5.32 Å². The number of likely N-dealkylation sites (N-methyl/N-ethyl adjacent to an activating group) is 1. The lowest BCUT2D eigenvalue weighted by Gasteiger charge is -2.23. The van der Waals surface area contributed by atoms with E-state index in [2.05, 4.69) is 18.3 Å². The summed E-state index contributed by atoms with van der Waals surface area (Å²) in [5.74, 6) is 1.06. The van der Waals surface area contributed by atoms with E-state index in [-0.39, 0.29) is 5.91 Å². The molecule has 0 aromatic heterocycles. The van der Waals surface area contributed by atoms with Gasteiger partial charge in [0, 0.05) is 36.3 Å². The number of nitrogens with one attached hydrogen (secondary N) is 1. The standard InChI is InChI=1S/C15H25N3OS/c1-4-9-17-15(19)11-18(3)13-7-6-8-14(20-5-2)12(13)10-16/h6-8H,4-5,9-11,16H2,1-3H3,(H,17,19). The molecule has 1 aromatic carbocycles. The number of thioether (sulfide) groups is 1. The third-order valence-electron chi connectivity index (χ3n) is 2.98. The smallest absolute Gasteiger partial charge is 0.239 e. The van der Waals surface area contributed by atoms with Crippen molar-refractivity contribution in [1.29, 1.82) is 0 Å². The van der Waals surface area contributed by atoms with Crippen molar-refractivity contribution in [2.45, 2.75) is 31.7 Å². The maximum absolute atomic E-state index is 11.8. The number of amides is 1. The van der Waals surface area contributed by atoms with E-state index in [9.17, 15) is 4.79 Å². The zero-order valence-electron chi connectivity index (χ0n) is 12.6. The van der Waals surface area contributed by atoms with Crippen LogP contribution >= 0.6 is 11.8 Å². The molecule has 20 heavy (non-hydrogen) atoms. The highest BCUT2D eigenvalue weighted by atomic mass is 32.2. The van der Waals surface area contributed by atoms with E-state index in [0.29, 0.717) is 13.1 Å². The third-order valence-corrected chi connectivity index (χ3v) is 3.96. The molecule has 0 atom stereocenters. The number of anilines is 1. The molecule has 3 N–H and O–H groups in total. The Morgan fingerprint density at radius 3 is 2.75 bits per heavy atom. The fraction of sp³-hybridized carbons (Fsp3) is 0.533. The Morgan fingerprint density at radius 1 is 1.40 bits per heavy atom. The Kier molecular flexibility index (Phi) is 7.47. The predicted molar refractivity (Wildman–Crippen MR) is 87.3 cm³/mol. The molecular formula is C15H25N3OS. The van der Waals surface area contributed by atoms with E-state index >= 15 is 0 Å². The molecule has 0 saturated carbocycles. The summed E-state index contributed by atoms with van der Waals surface area (Å²) >= 11 is 1.78. The summed E-state index contributed by atoms with van der Waals surface area (Å²) in [5.41, 5.74) is 8.05. The first-order chi connectivity index (χ1) is 9.63. The van der Waals surface area contributed by atoms with Gasteiger partial charge in [-0.05, 0) is 24.3 Å². The summed E-state index contributed by atoms with van der Waals surface area (Å²) in [6.07, 6.45) is 0.951. The maximum Gasteiger partial charge on any atom is 0.239 e. The second-order valence-electron chi connectivity index (χ2n) is 4.60. The molecule has 4 nitrogen and oxygen atoms in total. The lowest BCUT2D eigenvalue weighted by Crippen LogP contribution is -2.36. The summed E-state index contributed by atoms with van der Waals surface area (Å²) in [6.45, 7) is 5.73. The molecule has 112 valence electrons. The Labute approximate surface area is 126 Å². The first kappa shape index (κ1) is 16.9. The molecule has 0 spiro atoms. The van der Waals surface area contributed by atoms with Crippen molar-refractivity contribution in [2.75, 3.05) is 30.8 Å². The molecule has 0 radical (unpaired) electrons. The van der Waals surface area contributed by atoms with E-state index in [4.69, 9.17) is 5.73 Å². The largest absolute Gasteiger partial charge is 0.365 e. The molecule has 5 heteroatoms. The molecule has 1 aromatic rings. The minimum absolute atomic E-state index is 0.0471. The fourth-order valence-electron chi connectivity index (χ4n) is 2.03. The van der Waals surface area contributed by atoms with Gasteiger partial charge in [-0.2, -0.15) is 0 Å². The van der Waals surface area contributed by atoms with Gasteiger partial charge in [-0.25, -0.2) is 0 Å². The summed E-state index contributed by atoms with van der Waals surface area (Å²) in [6, 6.07) is 6.13. The topological polar surface area (TPSA) is 58.4 Å². The van der Waals surface area contributed by atoms with Gasteiger partial charge in [0.1, 0.15) is 0 Å². The molecule has 0 aliphatic heterocycles. The highest BCUT2D eigenvalue weighted by molar-refractivity contribution is 7.99. The predicted octanol–water partition coefficient (Wildman–Crippen LogP) is 2.22.